The fourth-order valence-electron chi connectivity index (χ4n) is 1.13. The maximum absolute atomic E-state index is 11.3. The number of oxime groups is 1. The van der Waals surface area contributed by atoms with Crippen LogP contribution in [0.2, 0.25) is 0 Å². The zero-order valence-electron chi connectivity index (χ0n) is 6.36. The third-order valence-corrected chi connectivity index (χ3v) is 1.72. The molecule has 3 heteroatoms. The summed E-state index contributed by atoms with van der Waals surface area (Å²) >= 11 is 0. The van der Waals surface area contributed by atoms with Crippen LogP contribution in [0.5, 0.6) is 0 Å². The molecule has 0 amide bonds. The zero-order valence-corrected chi connectivity index (χ0v) is 6.36. The first-order valence-corrected chi connectivity index (χ1v) is 3.65. The minimum absolute atomic E-state index is 0.0249. The van der Waals surface area contributed by atoms with Crippen molar-refractivity contribution < 1.29 is 9.63 Å². The molecule has 3 nitrogen and oxygen atoms in total. The summed E-state index contributed by atoms with van der Waals surface area (Å²) < 4.78 is 0. The molecule has 2 rings (SSSR count). The van der Waals surface area contributed by atoms with E-state index in [0.29, 0.717) is 5.56 Å². The summed E-state index contributed by atoms with van der Waals surface area (Å²) in [5, 5.41) is 3.62. The molecule has 12 heavy (non-hydrogen) atoms. The van der Waals surface area contributed by atoms with Crippen LogP contribution in [0.3, 0.4) is 0 Å². The van der Waals surface area contributed by atoms with Gasteiger partial charge in [0.1, 0.15) is 0 Å². The van der Waals surface area contributed by atoms with Gasteiger partial charge < -0.3 is 4.84 Å². The number of carbonyl (C=O) groups excluding carboxylic acids is 1. The van der Waals surface area contributed by atoms with Crippen LogP contribution >= 0.6 is 0 Å². The highest BCUT2D eigenvalue weighted by atomic mass is 16.6. The number of fused-ring (bicyclic) bond motifs is 1. The van der Waals surface area contributed by atoms with Gasteiger partial charge in [0.2, 0.25) is 5.78 Å². The molecule has 0 aromatic heterocycles. The number of hydrogen-bond acceptors (Lipinski definition) is 3. The second kappa shape index (κ2) is 2.77. The van der Waals surface area contributed by atoms with Crippen LogP contribution < -0.4 is 0 Å². The van der Waals surface area contributed by atoms with Gasteiger partial charge in [0.25, 0.3) is 0 Å². The maximum atomic E-state index is 11.3. The fraction of sp³-hybridized carbons (Fsp3) is 0.111. The highest BCUT2D eigenvalue weighted by molar-refractivity contribution is 6.04. The topological polar surface area (TPSA) is 38.7 Å². The molecule has 1 heterocycles. The lowest BCUT2D eigenvalue weighted by Crippen LogP contribution is -2.06. The standard InChI is InChI=1S/C9H7NO2/c11-9-6-12-10-5-7-3-1-2-4-8(7)9/h1-5H,6H2. The van der Waals surface area contributed by atoms with Crippen molar-refractivity contribution >= 4 is 12.0 Å². The molecule has 60 valence electrons. The van der Waals surface area contributed by atoms with Crippen LogP contribution in [0.15, 0.2) is 29.4 Å². The summed E-state index contributed by atoms with van der Waals surface area (Å²) in [6.07, 6.45) is 1.56. The Hall–Kier alpha value is -1.64. The number of hydrogen-bond donors (Lipinski definition) is 0. The predicted molar refractivity (Wildman–Crippen MR) is 44.3 cm³/mol. The van der Waals surface area contributed by atoms with Crippen molar-refractivity contribution in [1.29, 1.82) is 0 Å². The zero-order chi connectivity index (χ0) is 8.39. The minimum atomic E-state index is -0.0249. The van der Waals surface area contributed by atoms with Crippen molar-refractivity contribution in [3.8, 4) is 0 Å². The van der Waals surface area contributed by atoms with E-state index in [1.54, 1.807) is 12.3 Å². The Morgan fingerprint density at radius 2 is 2.17 bits per heavy atom. The average molecular weight is 161 g/mol. The summed E-state index contributed by atoms with van der Waals surface area (Å²) in [6.45, 7) is 0.0352. The van der Waals surface area contributed by atoms with Gasteiger partial charge in [-0.15, -0.1) is 0 Å². The van der Waals surface area contributed by atoms with Gasteiger partial charge in [-0.25, -0.2) is 0 Å². The lowest BCUT2D eigenvalue weighted by atomic mass is 10.1. The molecule has 0 bridgehead atoms. The van der Waals surface area contributed by atoms with Crippen LogP contribution in [0.1, 0.15) is 15.9 Å². The molecule has 0 N–H and O–H groups in total. The second-order valence-electron chi connectivity index (χ2n) is 2.52. The van der Waals surface area contributed by atoms with Gasteiger partial charge >= 0.3 is 0 Å². The van der Waals surface area contributed by atoms with Crippen molar-refractivity contribution in [2.75, 3.05) is 6.61 Å². The number of ketones is 1. The first-order chi connectivity index (χ1) is 5.88. The molecule has 0 unspecified atom stereocenters. The van der Waals surface area contributed by atoms with Gasteiger partial charge in [0.15, 0.2) is 6.61 Å². The van der Waals surface area contributed by atoms with E-state index in [1.165, 1.54) is 0 Å². The largest absolute Gasteiger partial charge is 0.387 e. The van der Waals surface area contributed by atoms with E-state index in [-0.39, 0.29) is 12.4 Å². The predicted octanol–water partition coefficient (Wildman–Crippen LogP) is 1.23. The maximum Gasteiger partial charge on any atom is 0.203 e. The monoisotopic (exact) mass is 161 g/mol. The summed E-state index contributed by atoms with van der Waals surface area (Å²) in [5.74, 6) is -0.0249. The Labute approximate surface area is 69.6 Å². The molecule has 0 saturated heterocycles. The van der Waals surface area contributed by atoms with Crippen LogP contribution in [-0.4, -0.2) is 18.6 Å². The molecule has 0 aliphatic carbocycles. The molecule has 0 spiro atoms. The van der Waals surface area contributed by atoms with Gasteiger partial charge in [-0.05, 0) is 0 Å². The minimum Gasteiger partial charge on any atom is -0.387 e. The molecular formula is C9H7NO2. The van der Waals surface area contributed by atoms with E-state index >= 15 is 0 Å². The summed E-state index contributed by atoms with van der Waals surface area (Å²) in [4.78, 5) is 16.0. The van der Waals surface area contributed by atoms with E-state index in [2.05, 4.69) is 5.16 Å². The number of carbonyl (C=O) groups is 1. The van der Waals surface area contributed by atoms with Gasteiger partial charge in [-0.1, -0.05) is 29.4 Å². The number of benzene rings is 1. The SMILES string of the molecule is O=C1CON=Cc2ccccc21. The van der Waals surface area contributed by atoms with E-state index in [4.69, 9.17) is 4.84 Å². The smallest absolute Gasteiger partial charge is 0.203 e. The molecule has 1 aliphatic rings. The molecule has 0 saturated carbocycles. The van der Waals surface area contributed by atoms with Crippen LogP contribution in [0, 0.1) is 0 Å². The molecule has 1 aromatic rings. The fourth-order valence-corrected chi connectivity index (χ4v) is 1.13. The van der Waals surface area contributed by atoms with Gasteiger partial charge in [0, 0.05) is 11.1 Å². The van der Waals surface area contributed by atoms with E-state index in [0.717, 1.165) is 5.56 Å². The Kier molecular flexibility index (Phi) is 1.63. The van der Waals surface area contributed by atoms with Crippen LogP contribution in [-0.2, 0) is 4.84 Å². The Morgan fingerprint density at radius 3 is 3.08 bits per heavy atom. The molecule has 1 aliphatic heterocycles. The van der Waals surface area contributed by atoms with Crippen molar-refractivity contribution in [2.45, 2.75) is 0 Å². The Morgan fingerprint density at radius 1 is 1.33 bits per heavy atom. The van der Waals surface area contributed by atoms with Gasteiger partial charge in [-0.3, -0.25) is 4.79 Å². The van der Waals surface area contributed by atoms with Crippen molar-refractivity contribution in [3.05, 3.63) is 35.4 Å². The molecule has 1 aromatic carbocycles. The van der Waals surface area contributed by atoms with Crippen LogP contribution in [0.4, 0.5) is 0 Å². The van der Waals surface area contributed by atoms with E-state index < -0.39 is 0 Å². The molecule has 0 atom stereocenters. The highest BCUT2D eigenvalue weighted by Gasteiger charge is 2.12. The molecular weight excluding hydrogens is 154 g/mol. The summed E-state index contributed by atoms with van der Waals surface area (Å²) in [7, 11) is 0. The number of Topliss-reactive ketones (excluding diaryl/α,β-unsaturated/α-hetero) is 1. The van der Waals surface area contributed by atoms with Crippen LogP contribution in [0.25, 0.3) is 0 Å². The molecule has 0 fully saturated rings. The first kappa shape index (κ1) is 7.03. The highest BCUT2D eigenvalue weighted by Crippen LogP contribution is 2.09. The first-order valence-electron chi connectivity index (χ1n) is 3.65. The lowest BCUT2D eigenvalue weighted by Gasteiger charge is -1.97. The van der Waals surface area contributed by atoms with Gasteiger partial charge in [-0.2, -0.15) is 0 Å². The molecule has 0 radical (unpaired) electrons. The third kappa shape index (κ3) is 1.09. The average Bonchev–Trinajstić information content (AvgIpc) is 2.29. The normalized spacial score (nSPS) is 14.8. The quantitative estimate of drug-likeness (QED) is 0.574. The Balaban J connectivity index is 2.56. The van der Waals surface area contributed by atoms with Crippen molar-refractivity contribution in [2.24, 2.45) is 5.16 Å². The van der Waals surface area contributed by atoms with E-state index in [9.17, 15) is 4.79 Å². The summed E-state index contributed by atoms with van der Waals surface area (Å²) in [6, 6.07) is 7.31. The number of nitrogens with zero attached hydrogens (tertiary/aromatic N) is 1. The van der Waals surface area contributed by atoms with Crippen molar-refractivity contribution in [3.63, 3.8) is 0 Å². The lowest BCUT2D eigenvalue weighted by molar-refractivity contribution is 0.0786. The number of rotatable bonds is 0. The Bertz CT molecular complexity index is 344. The van der Waals surface area contributed by atoms with E-state index in [1.807, 2.05) is 18.2 Å². The summed E-state index contributed by atoms with van der Waals surface area (Å²) in [5.41, 5.74) is 1.50. The van der Waals surface area contributed by atoms with Gasteiger partial charge in [0.05, 0.1) is 6.21 Å². The van der Waals surface area contributed by atoms with Crippen molar-refractivity contribution in [1.82, 2.24) is 0 Å². The third-order valence-electron chi connectivity index (χ3n) is 1.72. The second-order valence-corrected chi connectivity index (χ2v) is 2.52.